The Morgan fingerprint density at radius 3 is 2.65 bits per heavy atom. The van der Waals surface area contributed by atoms with Gasteiger partial charge in [0.1, 0.15) is 0 Å². The molecule has 7 heteroatoms. The molecule has 0 N–H and O–H groups in total. The van der Waals surface area contributed by atoms with Crippen molar-refractivity contribution in [3.05, 3.63) is 17.9 Å². The first-order valence-corrected chi connectivity index (χ1v) is 6.54. The van der Waals surface area contributed by atoms with Crippen molar-refractivity contribution >= 4 is 16.3 Å². The molecule has 0 atom stereocenters. The minimum atomic E-state index is -3.68. The standard InChI is InChI=1S/C10H15NO5S/c1-3-11(6-7-15-2)17(13,14)10-5-4-9(8-12)16-10/h4-5,8H,3,6-7H2,1-2H3. The number of nitrogens with zero attached hydrogens (tertiary/aromatic N) is 1. The Kier molecular flexibility index (Phi) is 4.86. The van der Waals surface area contributed by atoms with Gasteiger partial charge in [-0.15, -0.1) is 0 Å². The number of sulfonamides is 1. The van der Waals surface area contributed by atoms with Crippen LogP contribution in [0.3, 0.4) is 0 Å². The lowest BCUT2D eigenvalue weighted by Gasteiger charge is -2.18. The highest BCUT2D eigenvalue weighted by atomic mass is 32.2. The quantitative estimate of drug-likeness (QED) is 0.677. The van der Waals surface area contributed by atoms with Crippen LogP contribution < -0.4 is 0 Å². The minimum Gasteiger partial charge on any atom is -0.440 e. The van der Waals surface area contributed by atoms with E-state index in [4.69, 9.17) is 9.15 Å². The van der Waals surface area contributed by atoms with E-state index in [0.29, 0.717) is 19.4 Å². The first-order chi connectivity index (χ1) is 8.06. The zero-order valence-electron chi connectivity index (χ0n) is 9.75. The van der Waals surface area contributed by atoms with Crippen LogP contribution in [0.1, 0.15) is 17.5 Å². The summed E-state index contributed by atoms with van der Waals surface area (Å²) in [5.41, 5.74) is 0. The fourth-order valence-corrected chi connectivity index (χ4v) is 2.66. The summed E-state index contributed by atoms with van der Waals surface area (Å²) in [6.45, 7) is 2.57. The van der Waals surface area contributed by atoms with Crippen LogP contribution >= 0.6 is 0 Å². The van der Waals surface area contributed by atoms with E-state index in [1.54, 1.807) is 6.92 Å². The van der Waals surface area contributed by atoms with Gasteiger partial charge in [-0.3, -0.25) is 4.79 Å². The predicted molar refractivity (Wildman–Crippen MR) is 60.4 cm³/mol. The van der Waals surface area contributed by atoms with Gasteiger partial charge >= 0.3 is 0 Å². The number of methoxy groups -OCH3 is 1. The Balaban J connectivity index is 2.95. The van der Waals surface area contributed by atoms with Crippen LogP contribution in [0.15, 0.2) is 21.6 Å². The molecule has 6 nitrogen and oxygen atoms in total. The SMILES string of the molecule is CCN(CCOC)S(=O)(=O)c1ccc(C=O)o1. The molecular weight excluding hydrogens is 246 g/mol. The van der Waals surface area contributed by atoms with Crippen molar-refractivity contribution in [1.82, 2.24) is 4.31 Å². The highest BCUT2D eigenvalue weighted by Crippen LogP contribution is 2.17. The molecule has 0 saturated heterocycles. The third-order valence-corrected chi connectivity index (χ3v) is 4.06. The van der Waals surface area contributed by atoms with Crippen LogP contribution in [-0.2, 0) is 14.8 Å². The molecule has 1 rings (SSSR count). The van der Waals surface area contributed by atoms with Gasteiger partial charge < -0.3 is 9.15 Å². The van der Waals surface area contributed by atoms with Gasteiger partial charge in [-0.1, -0.05) is 6.92 Å². The summed E-state index contributed by atoms with van der Waals surface area (Å²) >= 11 is 0. The topological polar surface area (TPSA) is 76.8 Å². The molecule has 0 saturated carbocycles. The van der Waals surface area contributed by atoms with E-state index < -0.39 is 10.0 Å². The molecule has 0 aliphatic carbocycles. The van der Waals surface area contributed by atoms with Gasteiger partial charge in [-0.2, -0.15) is 4.31 Å². The van der Waals surface area contributed by atoms with Crippen LogP contribution in [-0.4, -0.2) is 45.8 Å². The summed E-state index contributed by atoms with van der Waals surface area (Å²) in [7, 11) is -2.19. The third-order valence-electron chi connectivity index (χ3n) is 2.21. The van der Waals surface area contributed by atoms with Crippen molar-refractivity contribution in [2.45, 2.75) is 12.0 Å². The summed E-state index contributed by atoms with van der Waals surface area (Å²) in [4.78, 5) is 10.4. The number of carbonyl (C=O) groups excluding carboxylic acids is 1. The second kappa shape index (κ2) is 5.95. The predicted octanol–water partition coefficient (Wildman–Crippen LogP) is 0.749. The molecule has 0 spiro atoms. The van der Waals surface area contributed by atoms with Crippen LogP contribution in [0.5, 0.6) is 0 Å². The molecule has 0 aliphatic rings. The number of likely N-dealkylation sites (N-methyl/N-ethyl adjacent to an activating group) is 1. The molecule has 0 amide bonds. The second-order valence-electron chi connectivity index (χ2n) is 3.26. The van der Waals surface area contributed by atoms with Gasteiger partial charge in [0, 0.05) is 20.2 Å². The Morgan fingerprint density at radius 1 is 1.47 bits per heavy atom. The summed E-state index contributed by atoms with van der Waals surface area (Å²) < 4.78 is 35.1. The van der Waals surface area contributed by atoms with Crippen LogP contribution in [0.2, 0.25) is 0 Å². The van der Waals surface area contributed by atoms with E-state index >= 15 is 0 Å². The molecule has 1 aromatic heterocycles. The van der Waals surface area contributed by atoms with E-state index in [2.05, 4.69) is 0 Å². The fourth-order valence-electron chi connectivity index (χ4n) is 1.30. The summed E-state index contributed by atoms with van der Waals surface area (Å²) in [6.07, 6.45) is 0.463. The first kappa shape index (κ1) is 13.9. The maximum absolute atomic E-state index is 12.1. The molecule has 17 heavy (non-hydrogen) atoms. The molecular formula is C10H15NO5S. The average Bonchev–Trinajstić information content (AvgIpc) is 2.79. The van der Waals surface area contributed by atoms with Gasteiger partial charge in [0.25, 0.3) is 10.0 Å². The zero-order chi connectivity index (χ0) is 12.9. The van der Waals surface area contributed by atoms with E-state index in [9.17, 15) is 13.2 Å². The number of aldehydes is 1. The van der Waals surface area contributed by atoms with Crippen molar-refractivity contribution < 1.29 is 22.4 Å². The lowest BCUT2D eigenvalue weighted by Crippen LogP contribution is -2.33. The maximum Gasteiger partial charge on any atom is 0.276 e. The van der Waals surface area contributed by atoms with E-state index in [1.165, 1.54) is 23.5 Å². The minimum absolute atomic E-state index is 0.00799. The zero-order valence-corrected chi connectivity index (χ0v) is 10.6. The molecule has 0 bridgehead atoms. The monoisotopic (exact) mass is 261 g/mol. The van der Waals surface area contributed by atoms with Gasteiger partial charge in [0.15, 0.2) is 12.0 Å². The normalized spacial score (nSPS) is 11.9. The van der Waals surface area contributed by atoms with E-state index in [-0.39, 0.29) is 17.4 Å². The van der Waals surface area contributed by atoms with E-state index in [1.807, 2.05) is 0 Å². The summed E-state index contributed by atoms with van der Waals surface area (Å²) in [5, 5.41) is -0.224. The maximum atomic E-state index is 12.1. The lowest BCUT2D eigenvalue weighted by molar-refractivity contribution is 0.109. The molecule has 0 radical (unpaired) electrons. The lowest BCUT2D eigenvalue weighted by atomic mass is 10.5. The average molecular weight is 261 g/mol. The van der Waals surface area contributed by atoms with Crippen molar-refractivity contribution in [3.8, 4) is 0 Å². The van der Waals surface area contributed by atoms with Gasteiger partial charge in [-0.05, 0) is 12.1 Å². The Labute approximate surface area is 100 Å². The van der Waals surface area contributed by atoms with Gasteiger partial charge in [0.2, 0.25) is 5.09 Å². The number of carbonyl (C=O) groups is 1. The van der Waals surface area contributed by atoms with Gasteiger partial charge in [-0.25, -0.2) is 8.42 Å². The van der Waals surface area contributed by atoms with Crippen LogP contribution in [0.25, 0.3) is 0 Å². The number of hydrogen-bond acceptors (Lipinski definition) is 5. The smallest absolute Gasteiger partial charge is 0.276 e. The Hall–Kier alpha value is -1.18. The Bertz CT molecular complexity index is 465. The number of ether oxygens (including phenoxy) is 1. The summed E-state index contributed by atoms with van der Waals surface area (Å²) in [5.74, 6) is -0.00799. The second-order valence-corrected chi connectivity index (χ2v) is 5.13. The molecule has 0 unspecified atom stereocenters. The van der Waals surface area contributed by atoms with Crippen LogP contribution in [0, 0.1) is 0 Å². The molecule has 0 aliphatic heterocycles. The van der Waals surface area contributed by atoms with Crippen molar-refractivity contribution in [3.63, 3.8) is 0 Å². The van der Waals surface area contributed by atoms with Gasteiger partial charge in [0.05, 0.1) is 6.61 Å². The Morgan fingerprint density at radius 2 is 2.18 bits per heavy atom. The highest BCUT2D eigenvalue weighted by Gasteiger charge is 2.26. The largest absolute Gasteiger partial charge is 0.440 e. The van der Waals surface area contributed by atoms with Crippen molar-refractivity contribution in [2.75, 3.05) is 26.8 Å². The molecule has 96 valence electrons. The molecule has 1 heterocycles. The number of furan rings is 1. The van der Waals surface area contributed by atoms with E-state index in [0.717, 1.165) is 0 Å². The molecule has 0 aromatic carbocycles. The number of hydrogen-bond donors (Lipinski definition) is 0. The molecule has 0 fully saturated rings. The third kappa shape index (κ3) is 3.15. The highest BCUT2D eigenvalue weighted by molar-refractivity contribution is 7.89. The molecule has 1 aromatic rings. The first-order valence-electron chi connectivity index (χ1n) is 5.10. The van der Waals surface area contributed by atoms with Crippen LogP contribution in [0.4, 0.5) is 0 Å². The summed E-state index contributed by atoms with van der Waals surface area (Å²) in [6, 6.07) is 2.60. The fraction of sp³-hybridized carbons (Fsp3) is 0.500. The number of rotatable bonds is 7. The van der Waals surface area contributed by atoms with Crippen molar-refractivity contribution in [2.24, 2.45) is 0 Å². The van der Waals surface area contributed by atoms with Crippen molar-refractivity contribution in [1.29, 1.82) is 0 Å².